The summed E-state index contributed by atoms with van der Waals surface area (Å²) in [5.41, 5.74) is 1.75. The fourth-order valence-electron chi connectivity index (χ4n) is 3.75. The van der Waals surface area contributed by atoms with Crippen LogP contribution in [0, 0.1) is 0 Å². The molecule has 1 aliphatic carbocycles. The molecule has 1 aliphatic heterocycles. The third-order valence-corrected chi connectivity index (χ3v) is 5.92. The van der Waals surface area contributed by atoms with Gasteiger partial charge in [-0.3, -0.25) is 4.79 Å². The van der Waals surface area contributed by atoms with Gasteiger partial charge in [0.05, 0.1) is 56.0 Å². The lowest BCUT2D eigenvalue weighted by atomic mass is 9.43. The number of hydrogen-bond donors (Lipinski definition) is 2. The van der Waals surface area contributed by atoms with Crippen LogP contribution in [0.4, 0.5) is 13.6 Å². The Labute approximate surface area is 202 Å². The third-order valence-electron chi connectivity index (χ3n) is 5.92. The van der Waals surface area contributed by atoms with Gasteiger partial charge in [-0.25, -0.2) is 27.7 Å². The maximum atomic E-state index is 14.6. The van der Waals surface area contributed by atoms with Crippen LogP contribution in [0.15, 0.2) is 23.1 Å². The Kier molecular flexibility index (Phi) is 5.22. The van der Waals surface area contributed by atoms with Gasteiger partial charge in [0.1, 0.15) is 5.69 Å². The van der Waals surface area contributed by atoms with Gasteiger partial charge in [-0.1, -0.05) is 5.16 Å². The summed E-state index contributed by atoms with van der Waals surface area (Å²) < 4.78 is 35.4. The molecule has 2 aliphatic rings. The highest BCUT2D eigenvalue weighted by molar-refractivity contribution is 6.48. The number of carbonyl (C=O) groups excluding carboxylic acids is 2. The minimum atomic E-state index is -4.08. The number of amides is 3. The van der Waals surface area contributed by atoms with Crippen molar-refractivity contribution in [1.29, 1.82) is 0 Å². The molecule has 35 heavy (non-hydrogen) atoms. The summed E-state index contributed by atoms with van der Waals surface area (Å²) in [6.45, 7) is -0.380. The zero-order valence-electron chi connectivity index (χ0n) is 18.1. The number of hydrogen-bond acceptors (Lipinski definition) is 7. The van der Waals surface area contributed by atoms with Crippen LogP contribution in [-0.2, 0) is 13.1 Å². The van der Waals surface area contributed by atoms with Crippen LogP contribution in [0.25, 0.3) is 5.65 Å². The van der Waals surface area contributed by atoms with Crippen molar-refractivity contribution in [2.45, 2.75) is 48.4 Å². The number of nitrogens with one attached hydrogen (secondary N) is 2. The lowest BCUT2D eigenvalue weighted by molar-refractivity contribution is -0.0958. The second-order valence-electron chi connectivity index (χ2n) is 8.64. The average Bonchev–Trinajstić information content (AvgIpc) is 3.36. The van der Waals surface area contributed by atoms with Gasteiger partial charge in [-0.15, -0.1) is 0 Å². The molecule has 11 nitrogen and oxygen atoms in total. The predicted octanol–water partition coefficient (Wildman–Crippen LogP) is -0.938. The SMILES string of the molecule is [B]C1([B])NC(=O)N(Cc2cnn3cc(CNC(=O)c4nonc4C4CC4)nc3c2)C([B])([B])C1(F)F. The second kappa shape index (κ2) is 7.82. The van der Waals surface area contributed by atoms with Crippen molar-refractivity contribution in [1.82, 2.24) is 40.4 Å². The van der Waals surface area contributed by atoms with Gasteiger partial charge in [0.2, 0.25) is 0 Å². The van der Waals surface area contributed by atoms with E-state index < -0.39 is 35.1 Å². The maximum Gasteiger partial charge on any atom is 0.316 e. The third kappa shape index (κ3) is 3.86. The Balaban J connectivity index is 1.30. The highest BCUT2D eigenvalue weighted by Gasteiger charge is 2.62. The van der Waals surface area contributed by atoms with Crippen LogP contribution < -0.4 is 10.6 Å². The highest BCUT2D eigenvalue weighted by atomic mass is 19.3. The van der Waals surface area contributed by atoms with Crippen LogP contribution in [0.2, 0.25) is 0 Å². The van der Waals surface area contributed by atoms with Crippen molar-refractivity contribution in [3.8, 4) is 0 Å². The van der Waals surface area contributed by atoms with Crippen LogP contribution in [0.1, 0.15) is 46.2 Å². The van der Waals surface area contributed by atoms with E-state index in [1.54, 1.807) is 11.5 Å². The number of carbonyl (C=O) groups is 2. The van der Waals surface area contributed by atoms with E-state index >= 15 is 0 Å². The molecular weight excluding hydrogens is 457 g/mol. The summed E-state index contributed by atoms with van der Waals surface area (Å²) in [6.07, 6.45) is 4.76. The molecule has 170 valence electrons. The van der Waals surface area contributed by atoms with E-state index in [-0.39, 0.29) is 18.2 Å². The van der Waals surface area contributed by atoms with E-state index in [9.17, 15) is 18.4 Å². The number of urea groups is 1. The van der Waals surface area contributed by atoms with Gasteiger partial charge in [0, 0.05) is 23.1 Å². The smallest absolute Gasteiger partial charge is 0.316 e. The van der Waals surface area contributed by atoms with E-state index in [4.69, 9.17) is 31.4 Å². The Hall–Kier alpha value is -3.38. The first kappa shape index (κ1) is 23.4. The summed E-state index contributed by atoms with van der Waals surface area (Å²) in [5, 5.41) is 10.2. The van der Waals surface area contributed by atoms with Gasteiger partial charge in [-0.05, 0) is 29.6 Å². The second-order valence-corrected chi connectivity index (χ2v) is 8.64. The van der Waals surface area contributed by atoms with E-state index in [1.807, 2.05) is 0 Å². The quantitative estimate of drug-likeness (QED) is 0.444. The lowest BCUT2D eigenvalue weighted by Gasteiger charge is -2.56. The summed E-state index contributed by atoms with van der Waals surface area (Å²) in [4.78, 5) is 29.7. The number of alkyl halides is 2. The molecule has 8 radical (unpaired) electrons. The van der Waals surface area contributed by atoms with Gasteiger partial charge in [0.25, 0.3) is 11.8 Å². The summed E-state index contributed by atoms with van der Waals surface area (Å²) in [6, 6.07) is 0.421. The van der Waals surface area contributed by atoms with Gasteiger partial charge in [0.15, 0.2) is 11.3 Å². The lowest BCUT2D eigenvalue weighted by Crippen LogP contribution is -2.82. The predicted molar refractivity (Wildman–Crippen MR) is 118 cm³/mol. The molecule has 0 spiro atoms. The van der Waals surface area contributed by atoms with Crippen molar-refractivity contribution in [2.24, 2.45) is 0 Å². The van der Waals surface area contributed by atoms with Crippen molar-refractivity contribution < 1.29 is 23.0 Å². The number of imidazole rings is 1. The summed E-state index contributed by atoms with van der Waals surface area (Å²) in [5.74, 6) is -4.34. The average molecular weight is 472 g/mol. The minimum absolute atomic E-state index is 0.0546. The molecule has 17 heteroatoms. The van der Waals surface area contributed by atoms with Crippen molar-refractivity contribution in [3.05, 3.63) is 41.1 Å². The fourth-order valence-corrected chi connectivity index (χ4v) is 3.75. The van der Waals surface area contributed by atoms with Crippen LogP contribution >= 0.6 is 0 Å². The molecule has 1 saturated carbocycles. The van der Waals surface area contributed by atoms with Crippen molar-refractivity contribution in [3.63, 3.8) is 0 Å². The molecule has 5 rings (SSSR count). The molecule has 2 N–H and O–H groups in total. The molecule has 3 aromatic heterocycles. The van der Waals surface area contributed by atoms with Crippen LogP contribution in [0.3, 0.4) is 0 Å². The molecule has 1 saturated heterocycles. The standard InChI is InChI=1S/C18H14B4F2N8O3/c19-17(20)16(23,24)18(21,22)31(15(34)28-17)6-8-3-11-27-10(7-32(11)26-4-8)5-25-14(33)13-12(9-1-2-9)29-35-30-13/h3-4,7,9H,1-2,5-6H2,(H,25,33)(H,28,34). The molecular formula is C18H14B4F2N8O3. The van der Waals surface area contributed by atoms with E-state index in [0.29, 0.717) is 27.5 Å². The number of nitrogens with zero attached hydrogens (tertiary/aromatic N) is 6. The number of rotatable bonds is 6. The number of aromatic nitrogens is 5. The molecule has 3 amide bonds. The van der Waals surface area contributed by atoms with E-state index in [1.165, 1.54) is 16.8 Å². The first-order valence-corrected chi connectivity index (χ1v) is 10.5. The fraction of sp³-hybridized carbons (Fsp3) is 0.444. The normalized spacial score (nSPS) is 20.5. The Morgan fingerprint density at radius 2 is 2.00 bits per heavy atom. The molecule has 3 aromatic rings. The topological polar surface area (TPSA) is 131 Å². The van der Waals surface area contributed by atoms with Gasteiger partial charge >= 0.3 is 6.03 Å². The number of fused-ring (bicyclic) bond motifs is 1. The molecule has 4 heterocycles. The minimum Gasteiger partial charge on any atom is -0.345 e. The zero-order chi connectivity index (χ0) is 25.2. The first-order chi connectivity index (χ1) is 16.4. The van der Waals surface area contributed by atoms with Crippen molar-refractivity contribution >= 4 is 49.0 Å². The largest absolute Gasteiger partial charge is 0.345 e. The Morgan fingerprint density at radius 3 is 2.71 bits per heavy atom. The van der Waals surface area contributed by atoms with Gasteiger partial charge in [-0.2, -0.15) is 5.10 Å². The van der Waals surface area contributed by atoms with E-state index in [2.05, 4.69) is 30.3 Å². The molecule has 2 fully saturated rings. The monoisotopic (exact) mass is 472 g/mol. The highest BCUT2D eigenvalue weighted by Crippen LogP contribution is 2.41. The van der Waals surface area contributed by atoms with Crippen LogP contribution in [-0.4, -0.2) is 89.7 Å². The van der Waals surface area contributed by atoms with E-state index in [0.717, 1.165) is 12.8 Å². The van der Waals surface area contributed by atoms with Gasteiger partial charge < -0.3 is 15.5 Å². The summed E-state index contributed by atoms with van der Waals surface area (Å²) in [7, 11) is 21.8. The maximum absolute atomic E-state index is 14.6. The zero-order valence-corrected chi connectivity index (χ0v) is 18.1. The Bertz CT molecular complexity index is 1330. The summed E-state index contributed by atoms with van der Waals surface area (Å²) >= 11 is 0. The molecule has 0 unspecified atom stereocenters. The van der Waals surface area contributed by atoms with Crippen LogP contribution in [0.5, 0.6) is 0 Å². The molecule has 0 aromatic carbocycles. The Morgan fingerprint density at radius 1 is 1.26 bits per heavy atom. The first-order valence-electron chi connectivity index (χ1n) is 10.5. The molecule has 0 atom stereocenters. The molecule has 0 bridgehead atoms. The number of halogens is 2. The van der Waals surface area contributed by atoms with Crippen molar-refractivity contribution in [2.75, 3.05) is 0 Å².